The number of nitrogens with one attached hydrogen (secondary N) is 1. The van der Waals surface area contributed by atoms with E-state index in [4.69, 9.17) is 21.1 Å². The predicted molar refractivity (Wildman–Crippen MR) is 114 cm³/mol. The summed E-state index contributed by atoms with van der Waals surface area (Å²) in [6.07, 6.45) is 3.53. The van der Waals surface area contributed by atoms with E-state index < -0.39 is 12.0 Å². The molecular weight excluding hydrogens is 390 g/mol. The van der Waals surface area contributed by atoms with Gasteiger partial charge in [0.2, 0.25) is 0 Å². The Morgan fingerprint density at radius 1 is 1.03 bits per heavy atom. The lowest BCUT2D eigenvalue weighted by molar-refractivity contribution is -0.144. The summed E-state index contributed by atoms with van der Waals surface area (Å²) in [5.41, 5.74) is 0.280. The molecule has 0 saturated carbocycles. The molecule has 2 aromatic rings. The monoisotopic (exact) mass is 415 g/mol. The average Bonchev–Trinajstić information content (AvgIpc) is 2.66. The first-order valence-electron chi connectivity index (χ1n) is 9.38. The molecule has 0 fully saturated rings. The number of halogens is 1. The Bertz CT molecular complexity index is 852. The summed E-state index contributed by atoms with van der Waals surface area (Å²) in [6, 6.07) is 12.8. The van der Waals surface area contributed by atoms with Crippen LogP contribution in [0.25, 0.3) is 0 Å². The van der Waals surface area contributed by atoms with Crippen molar-refractivity contribution in [2.75, 3.05) is 6.61 Å². The van der Waals surface area contributed by atoms with E-state index in [1.807, 2.05) is 26.8 Å². The normalized spacial score (nSPS) is 12.4. The zero-order valence-corrected chi connectivity index (χ0v) is 17.8. The highest BCUT2D eigenvalue weighted by Gasteiger charge is 2.21. The zero-order valence-electron chi connectivity index (χ0n) is 17.1. The summed E-state index contributed by atoms with van der Waals surface area (Å²) >= 11 is 5.86. The predicted octanol–water partition coefficient (Wildman–Crippen LogP) is 5.40. The smallest absolute Gasteiger partial charge is 0.332 e. The van der Waals surface area contributed by atoms with Gasteiger partial charge in [0.05, 0.1) is 6.61 Å². The molecule has 1 unspecified atom stereocenters. The third-order valence-corrected chi connectivity index (χ3v) is 4.03. The van der Waals surface area contributed by atoms with Gasteiger partial charge in [-0.3, -0.25) is 4.79 Å². The SMILES string of the molecule is CCOC(=O)C(/C=C/C(C)(C)C)NC(=O)c1ccc(Oc2ccc(Cl)cc2)cc1. The van der Waals surface area contributed by atoms with E-state index in [1.54, 1.807) is 61.5 Å². The van der Waals surface area contributed by atoms with Crippen LogP contribution in [0, 0.1) is 5.41 Å². The topological polar surface area (TPSA) is 64.6 Å². The fraction of sp³-hybridized carbons (Fsp3) is 0.304. The van der Waals surface area contributed by atoms with Crippen molar-refractivity contribution < 1.29 is 19.1 Å². The molecule has 0 bridgehead atoms. The van der Waals surface area contributed by atoms with Gasteiger partial charge in [-0.25, -0.2) is 4.79 Å². The van der Waals surface area contributed by atoms with E-state index >= 15 is 0 Å². The second-order valence-electron chi connectivity index (χ2n) is 7.51. The van der Waals surface area contributed by atoms with Gasteiger partial charge in [0.25, 0.3) is 5.91 Å². The van der Waals surface area contributed by atoms with Crippen LogP contribution in [0.3, 0.4) is 0 Å². The number of rotatable bonds is 7. The fourth-order valence-corrected chi connectivity index (χ4v) is 2.47. The standard InChI is InChI=1S/C23H26ClNO4/c1-5-28-22(27)20(14-15-23(2,3)4)25-21(26)16-6-10-18(11-7-16)29-19-12-8-17(24)9-13-19/h6-15,20H,5H2,1-4H3,(H,25,26)/b15-14+. The molecule has 1 N–H and O–H groups in total. The molecule has 1 atom stereocenters. The molecule has 5 nitrogen and oxygen atoms in total. The Labute approximate surface area is 176 Å². The Morgan fingerprint density at radius 2 is 1.59 bits per heavy atom. The Hall–Kier alpha value is -2.79. The Morgan fingerprint density at radius 3 is 2.10 bits per heavy atom. The van der Waals surface area contributed by atoms with E-state index in [0.29, 0.717) is 22.1 Å². The molecule has 29 heavy (non-hydrogen) atoms. The molecular formula is C23H26ClNO4. The highest BCUT2D eigenvalue weighted by molar-refractivity contribution is 6.30. The summed E-state index contributed by atoms with van der Waals surface area (Å²) in [5.74, 6) is 0.350. The van der Waals surface area contributed by atoms with Crippen LogP contribution in [0.4, 0.5) is 0 Å². The highest BCUT2D eigenvalue weighted by atomic mass is 35.5. The number of carbonyl (C=O) groups excluding carboxylic acids is 2. The van der Waals surface area contributed by atoms with Crippen molar-refractivity contribution in [1.82, 2.24) is 5.32 Å². The van der Waals surface area contributed by atoms with E-state index in [1.165, 1.54) is 0 Å². The number of benzene rings is 2. The fourth-order valence-electron chi connectivity index (χ4n) is 2.34. The van der Waals surface area contributed by atoms with Crippen LogP contribution in [-0.4, -0.2) is 24.5 Å². The van der Waals surface area contributed by atoms with Crippen LogP contribution in [0.2, 0.25) is 5.02 Å². The lowest BCUT2D eigenvalue weighted by Crippen LogP contribution is -2.40. The molecule has 0 aromatic heterocycles. The molecule has 2 aromatic carbocycles. The molecule has 154 valence electrons. The van der Waals surface area contributed by atoms with Crippen molar-refractivity contribution in [3.05, 3.63) is 71.3 Å². The lowest BCUT2D eigenvalue weighted by atomic mass is 9.95. The summed E-state index contributed by atoms with van der Waals surface area (Å²) in [5, 5.41) is 3.34. The molecule has 0 spiro atoms. The minimum absolute atomic E-state index is 0.129. The molecule has 0 saturated heterocycles. The van der Waals surface area contributed by atoms with Gasteiger partial charge < -0.3 is 14.8 Å². The number of hydrogen-bond donors (Lipinski definition) is 1. The van der Waals surface area contributed by atoms with Crippen molar-refractivity contribution in [2.45, 2.75) is 33.7 Å². The van der Waals surface area contributed by atoms with Crippen molar-refractivity contribution in [2.24, 2.45) is 5.41 Å². The maximum atomic E-state index is 12.6. The number of hydrogen-bond acceptors (Lipinski definition) is 4. The lowest BCUT2D eigenvalue weighted by Gasteiger charge is -2.17. The van der Waals surface area contributed by atoms with Crippen molar-refractivity contribution in [1.29, 1.82) is 0 Å². The molecule has 6 heteroatoms. The average molecular weight is 416 g/mol. The van der Waals surface area contributed by atoms with Gasteiger partial charge in [0.15, 0.2) is 0 Å². The summed E-state index contributed by atoms with van der Waals surface area (Å²) < 4.78 is 10.8. The van der Waals surface area contributed by atoms with Crippen LogP contribution in [-0.2, 0) is 9.53 Å². The molecule has 0 aliphatic rings. The van der Waals surface area contributed by atoms with Gasteiger partial charge in [0.1, 0.15) is 17.5 Å². The van der Waals surface area contributed by atoms with Crippen LogP contribution in [0.5, 0.6) is 11.5 Å². The van der Waals surface area contributed by atoms with E-state index in [-0.39, 0.29) is 17.9 Å². The molecule has 0 heterocycles. The highest BCUT2D eigenvalue weighted by Crippen LogP contribution is 2.23. The quantitative estimate of drug-likeness (QED) is 0.486. The van der Waals surface area contributed by atoms with Gasteiger partial charge in [-0.05, 0) is 60.9 Å². The molecule has 0 aliphatic heterocycles. The summed E-state index contributed by atoms with van der Waals surface area (Å²) in [7, 11) is 0. The molecule has 0 aliphatic carbocycles. The van der Waals surface area contributed by atoms with Crippen LogP contribution in [0.15, 0.2) is 60.7 Å². The van der Waals surface area contributed by atoms with Crippen LogP contribution >= 0.6 is 11.6 Å². The first-order valence-corrected chi connectivity index (χ1v) is 9.76. The number of amides is 1. The number of carbonyl (C=O) groups is 2. The Balaban J connectivity index is 2.07. The van der Waals surface area contributed by atoms with E-state index in [0.717, 1.165) is 0 Å². The van der Waals surface area contributed by atoms with E-state index in [2.05, 4.69) is 5.32 Å². The first kappa shape index (κ1) is 22.5. The molecule has 2 rings (SSSR count). The maximum absolute atomic E-state index is 12.6. The zero-order chi connectivity index (χ0) is 21.4. The van der Waals surface area contributed by atoms with Crippen molar-refractivity contribution >= 4 is 23.5 Å². The third-order valence-electron chi connectivity index (χ3n) is 3.78. The van der Waals surface area contributed by atoms with Crippen LogP contribution in [0.1, 0.15) is 38.1 Å². The largest absolute Gasteiger partial charge is 0.464 e. The third kappa shape index (κ3) is 7.62. The summed E-state index contributed by atoms with van der Waals surface area (Å²) in [6.45, 7) is 7.99. The van der Waals surface area contributed by atoms with Gasteiger partial charge in [0, 0.05) is 10.6 Å². The number of esters is 1. The van der Waals surface area contributed by atoms with Gasteiger partial charge in [-0.15, -0.1) is 0 Å². The van der Waals surface area contributed by atoms with Crippen LogP contribution < -0.4 is 10.1 Å². The number of ether oxygens (including phenoxy) is 2. The van der Waals surface area contributed by atoms with E-state index in [9.17, 15) is 9.59 Å². The molecule has 1 amide bonds. The van der Waals surface area contributed by atoms with Gasteiger partial charge in [-0.2, -0.15) is 0 Å². The minimum atomic E-state index is -0.855. The maximum Gasteiger partial charge on any atom is 0.332 e. The Kier molecular flexibility index (Phi) is 7.85. The number of allylic oxidation sites excluding steroid dienone is 1. The van der Waals surface area contributed by atoms with Crippen molar-refractivity contribution in [3.8, 4) is 11.5 Å². The minimum Gasteiger partial charge on any atom is -0.464 e. The second kappa shape index (κ2) is 10.1. The first-order chi connectivity index (χ1) is 13.7. The second-order valence-corrected chi connectivity index (χ2v) is 7.95. The van der Waals surface area contributed by atoms with Crippen molar-refractivity contribution in [3.63, 3.8) is 0 Å². The summed E-state index contributed by atoms with van der Waals surface area (Å²) in [4.78, 5) is 24.8. The van der Waals surface area contributed by atoms with Gasteiger partial charge in [-0.1, -0.05) is 44.5 Å². The van der Waals surface area contributed by atoms with Gasteiger partial charge >= 0.3 is 5.97 Å². The molecule has 0 radical (unpaired) electrons.